The molecule has 0 amide bonds. The maximum atomic E-state index is 8.84. The first-order chi connectivity index (χ1) is 7.70. The molecule has 1 aliphatic carbocycles. The van der Waals surface area contributed by atoms with Crippen molar-refractivity contribution < 1.29 is 5.21 Å². The summed E-state index contributed by atoms with van der Waals surface area (Å²) in [6, 6.07) is 0. The Balaban J connectivity index is 1.90. The molecule has 0 aromatic carbocycles. The van der Waals surface area contributed by atoms with Crippen molar-refractivity contribution in [2.45, 2.75) is 30.4 Å². The molecule has 5 heteroatoms. The van der Waals surface area contributed by atoms with Crippen LogP contribution in [0.4, 0.5) is 0 Å². The molecule has 92 valence electrons. The van der Waals surface area contributed by atoms with E-state index in [0.29, 0.717) is 5.84 Å². The standard InChI is InChI=1S/C11H21N3OS/c1-16-11(10(12)13-15)4-6-14(7-5-11)8-9-2-3-9/h9,15H,2-8H2,1H3,(H2,12,13). The van der Waals surface area contributed by atoms with E-state index in [1.165, 1.54) is 19.4 Å². The van der Waals surface area contributed by atoms with Crippen molar-refractivity contribution >= 4 is 17.6 Å². The molecule has 2 aliphatic rings. The fourth-order valence-electron chi connectivity index (χ4n) is 2.42. The lowest BCUT2D eigenvalue weighted by Crippen LogP contribution is -2.50. The Bertz CT molecular complexity index is 270. The van der Waals surface area contributed by atoms with Crippen molar-refractivity contribution in [3.8, 4) is 0 Å². The number of amidine groups is 1. The van der Waals surface area contributed by atoms with Crippen LogP contribution < -0.4 is 5.73 Å². The number of oxime groups is 1. The van der Waals surface area contributed by atoms with Gasteiger partial charge in [-0.3, -0.25) is 0 Å². The second-order valence-corrected chi connectivity index (χ2v) is 6.12. The lowest BCUT2D eigenvalue weighted by molar-refractivity contribution is 0.209. The highest BCUT2D eigenvalue weighted by Crippen LogP contribution is 2.37. The molecule has 2 fully saturated rings. The molecular weight excluding hydrogens is 222 g/mol. The van der Waals surface area contributed by atoms with E-state index in [1.54, 1.807) is 11.8 Å². The van der Waals surface area contributed by atoms with Crippen molar-refractivity contribution in [3.05, 3.63) is 0 Å². The number of nitrogens with zero attached hydrogens (tertiary/aromatic N) is 2. The van der Waals surface area contributed by atoms with Gasteiger partial charge in [-0.1, -0.05) is 5.16 Å². The Labute approximate surface area is 101 Å². The minimum Gasteiger partial charge on any atom is -0.409 e. The fourth-order valence-corrected chi connectivity index (χ4v) is 3.26. The van der Waals surface area contributed by atoms with E-state index in [4.69, 9.17) is 10.9 Å². The Kier molecular flexibility index (Phi) is 3.64. The van der Waals surface area contributed by atoms with Gasteiger partial charge in [0, 0.05) is 6.54 Å². The maximum absolute atomic E-state index is 8.84. The highest BCUT2D eigenvalue weighted by molar-refractivity contribution is 8.00. The Hall–Kier alpha value is -0.420. The Morgan fingerprint density at radius 1 is 1.50 bits per heavy atom. The van der Waals surface area contributed by atoms with Gasteiger partial charge in [0.2, 0.25) is 0 Å². The molecule has 0 aromatic heterocycles. The van der Waals surface area contributed by atoms with E-state index in [0.717, 1.165) is 31.8 Å². The highest BCUT2D eigenvalue weighted by Gasteiger charge is 2.39. The normalized spacial score (nSPS) is 26.9. The Morgan fingerprint density at radius 2 is 2.12 bits per heavy atom. The van der Waals surface area contributed by atoms with Crippen LogP contribution in [0.25, 0.3) is 0 Å². The lowest BCUT2D eigenvalue weighted by atomic mass is 9.94. The zero-order chi connectivity index (χ0) is 11.6. The van der Waals surface area contributed by atoms with Crippen LogP contribution in [0.5, 0.6) is 0 Å². The molecule has 0 spiro atoms. The fraction of sp³-hybridized carbons (Fsp3) is 0.909. The molecule has 3 N–H and O–H groups in total. The van der Waals surface area contributed by atoms with E-state index in [1.807, 2.05) is 0 Å². The minimum absolute atomic E-state index is 0.130. The lowest BCUT2D eigenvalue weighted by Gasteiger charge is -2.39. The van der Waals surface area contributed by atoms with Crippen LogP contribution in [0, 0.1) is 5.92 Å². The summed E-state index contributed by atoms with van der Waals surface area (Å²) in [5.74, 6) is 1.34. The quantitative estimate of drug-likeness (QED) is 0.338. The molecular formula is C11H21N3OS. The molecule has 1 heterocycles. The van der Waals surface area contributed by atoms with E-state index < -0.39 is 0 Å². The smallest absolute Gasteiger partial charge is 0.155 e. The van der Waals surface area contributed by atoms with Gasteiger partial charge in [0.05, 0.1) is 4.75 Å². The first-order valence-electron chi connectivity index (χ1n) is 5.96. The van der Waals surface area contributed by atoms with E-state index in [2.05, 4.69) is 16.3 Å². The van der Waals surface area contributed by atoms with Crippen molar-refractivity contribution in [2.24, 2.45) is 16.8 Å². The number of hydrogen-bond acceptors (Lipinski definition) is 4. The third-order valence-corrected chi connectivity index (χ3v) is 5.24. The molecule has 0 radical (unpaired) electrons. The molecule has 1 aliphatic heterocycles. The number of rotatable bonds is 4. The predicted octanol–water partition coefficient (Wildman–Crippen LogP) is 1.34. The largest absolute Gasteiger partial charge is 0.409 e. The molecule has 1 saturated carbocycles. The third kappa shape index (κ3) is 2.46. The summed E-state index contributed by atoms with van der Waals surface area (Å²) < 4.78 is -0.130. The van der Waals surface area contributed by atoms with Gasteiger partial charge in [-0.25, -0.2) is 0 Å². The van der Waals surface area contributed by atoms with Gasteiger partial charge in [0.15, 0.2) is 5.84 Å². The van der Waals surface area contributed by atoms with E-state index in [-0.39, 0.29) is 4.75 Å². The van der Waals surface area contributed by atoms with Crippen molar-refractivity contribution in [1.82, 2.24) is 4.90 Å². The average Bonchev–Trinajstić information content (AvgIpc) is 3.13. The number of thioether (sulfide) groups is 1. The first kappa shape index (κ1) is 12.0. The molecule has 1 saturated heterocycles. The second-order valence-electron chi connectivity index (χ2n) is 4.93. The van der Waals surface area contributed by atoms with Gasteiger partial charge < -0.3 is 15.8 Å². The molecule has 16 heavy (non-hydrogen) atoms. The van der Waals surface area contributed by atoms with E-state index in [9.17, 15) is 0 Å². The van der Waals surface area contributed by atoms with Crippen LogP contribution in [-0.2, 0) is 0 Å². The molecule has 0 atom stereocenters. The zero-order valence-corrected chi connectivity index (χ0v) is 10.7. The van der Waals surface area contributed by atoms with Crippen LogP contribution in [0.3, 0.4) is 0 Å². The SMILES string of the molecule is CSC1(C(N)=NO)CCN(CC2CC2)CC1. The van der Waals surface area contributed by atoms with Crippen LogP contribution in [-0.4, -0.2) is 46.6 Å². The molecule has 0 unspecified atom stereocenters. The zero-order valence-electron chi connectivity index (χ0n) is 9.85. The van der Waals surface area contributed by atoms with Crippen LogP contribution >= 0.6 is 11.8 Å². The third-order valence-electron chi connectivity index (χ3n) is 3.84. The predicted molar refractivity (Wildman–Crippen MR) is 68.1 cm³/mol. The van der Waals surface area contributed by atoms with Crippen molar-refractivity contribution in [1.29, 1.82) is 0 Å². The van der Waals surface area contributed by atoms with Gasteiger partial charge in [0.25, 0.3) is 0 Å². The van der Waals surface area contributed by atoms with E-state index >= 15 is 0 Å². The summed E-state index contributed by atoms with van der Waals surface area (Å²) in [6.07, 6.45) is 6.86. The van der Waals surface area contributed by atoms with Gasteiger partial charge in [-0.2, -0.15) is 11.8 Å². The first-order valence-corrected chi connectivity index (χ1v) is 7.18. The number of piperidine rings is 1. The van der Waals surface area contributed by atoms with Gasteiger partial charge in [0.1, 0.15) is 0 Å². The number of hydrogen-bond donors (Lipinski definition) is 2. The molecule has 2 rings (SSSR count). The van der Waals surface area contributed by atoms with Crippen molar-refractivity contribution in [3.63, 3.8) is 0 Å². The van der Waals surface area contributed by atoms with Crippen LogP contribution in [0.1, 0.15) is 25.7 Å². The summed E-state index contributed by atoms with van der Waals surface area (Å²) in [4.78, 5) is 2.52. The van der Waals surface area contributed by atoms with Crippen LogP contribution in [0.15, 0.2) is 5.16 Å². The Morgan fingerprint density at radius 3 is 2.56 bits per heavy atom. The number of nitrogens with two attached hydrogens (primary N) is 1. The average molecular weight is 243 g/mol. The van der Waals surface area contributed by atoms with Crippen molar-refractivity contribution in [2.75, 3.05) is 25.9 Å². The molecule has 0 aromatic rings. The maximum Gasteiger partial charge on any atom is 0.155 e. The summed E-state index contributed by atoms with van der Waals surface area (Å²) in [6.45, 7) is 3.40. The summed E-state index contributed by atoms with van der Waals surface area (Å²) in [7, 11) is 0. The number of likely N-dealkylation sites (tertiary alicyclic amines) is 1. The monoisotopic (exact) mass is 243 g/mol. The summed E-state index contributed by atoms with van der Waals surface area (Å²) >= 11 is 1.72. The van der Waals surface area contributed by atoms with Crippen LogP contribution in [0.2, 0.25) is 0 Å². The summed E-state index contributed by atoms with van der Waals surface area (Å²) in [5, 5.41) is 12.0. The second kappa shape index (κ2) is 4.84. The van der Waals surface area contributed by atoms with Gasteiger partial charge >= 0.3 is 0 Å². The highest BCUT2D eigenvalue weighted by atomic mass is 32.2. The minimum atomic E-state index is -0.130. The van der Waals surface area contributed by atoms with Gasteiger partial charge in [-0.05, 0) is 50.9 Å². The summed E-state index contributed by atoms with van der Waals surface area (Å²) in [5.41, 5.74) is 5.81. The molecule has 4 nitrogen and oxygen atoms in total. The topological polar surface area (TPSA) is 61.9 Å². The molecule has 0 bridgehead atoms. The van der Waals surface area contributed by atoms with Gasteiger partial charge in [-0.15, -0.1) is 0 Å².